The highest BCUT2D eigenvalue weighted by Gasteiger charge is 2.05. The summed E-state index contributed by atoms with van der Waals surface area (Å²) in [7, 11) is 0. The summed E-state index contributed by atoms with van der Waals surface area (Å²) in [4.78, 5) is 10.1. The van der Waals surface area contributed by atoms with Crippen LogP contribution in [0.1, 0.15) is 19.3 Å². The van der Waals surface area contributed by atoms with E-state index in [0.29, 0.717) is 5.92 Å². The Kier molecular flexibility index (Phi) is 2.90. The summed E-state index contributed by atoms with van der Waals surface area (Å²) in [5.74, 6) is -0.407. The van der Waals surface area contributed by atoms with Gasteiger partial charge in [-0.1, -0.05) is 18.2 Å². The fraction of sp³-hybridized carbons (Fsp3) is 0.444. The molecule has 1 N–H and O–H groups in total. The molecule has 1 aliphatic rings. The van der Waals surface area contributed by atoms with Gasteiger partial charge in [-0.3, -0.25) is 0 Å². The lowest BCUT2D eigenvalue weighted by atomic mass is 9.94. The van der Waals surface area contributed by atoms with Gasteiger partial charge in [0.25, 0.3) is 0 Å². The van der Waals surface area contributed by atoms with Crippen LogP contribution in [-0.4, -0.2) is 11.1 Å². The van der Waals surface area contributed by atoms with Gasteiger partial charge in [0.1, 0.15) is 0 Å². The summed E-state index contributed by atoms with van der Waals surface area (Å²) in [5.41, 5.74) is 0. The molecule has 0 aromatic heterocycles. The van der Waals surface area contributed by atoms with E-state index in [1.165, 1.54) is 6.08 Å². The minimum Gasteiger partial charge on any atom is -0.478 e. The van der Waals surface area contributed by atoms with Crippen molar-refractivity contribution in [2.45, 2.75) is 19.3 Å². The minimum atomic E-state index is -0.848. The Bertz CT molecular complexity index is 192. The van der Waals surface area contributed by atoms with Crippen molar-refractivity contribution in [3.05, 3.63) is 24.3 Å². The van der Waals surface area contributed by atoms with Gasteiger partial charge in [0, 0.05) is 6.08 Å². The first-order valence-electron chi connectivity index (χ1n) is 3.85. The molecule has 0 unspecified atom stereocenters. The number of rotatable bonds is 2. The zero-order chi connectivity index (χ0) is 8.10. The molecule has 0 fully saturated rings. The summed E-state index contributed by atoms with van der Waals surface area (Å²) < 4.78 is 0. The van der Waals surface area contributed by atoms with E-state index >= 15 is 0 Å². The van der Waals surface area contributed by atoms with E-state index in [1.807, 2.05) is 0 Å². The number of hydrogen-bond acceptors (Lipinski definition) is 1. The van der Waals surface area contributed by atoms with E-state index in [0.717, 1.165) is 19.3 Å². The molecule has 1 rings (SSSR count). The van der Waals surface area contributed by atoms with E-state index in [2.05, 4.69) is 12.2 Å². The van der Waals surface area contributed by atoms with Gasteiger partial charge in [0.15, 0.2) is 0 Å². The second-order valence-corrected chi connectivity index (χ2v) is 2.74. The Hall–Kier alpha value is -1.05. The molecule has 0 spiro atoms. The molecule has 2 heteroatoms. The fourth-order valence-corrected chi connectivity index (χ4v) is 1.21. The highest BCUT2D eigenvalue weighted by Crippen LogP contribution is 2.18. The second kappa shape index (κ2) is 3.96. The molecule has 11 heavy (non-hydrogen) atoms. The third kappa shape index (κ3) is 3.03. The molecular weight excluding hydrogens is 140 g/mol. The number of carboxylic acid groups (broad SMARTS) is 1. The molecule has 2 nitrogen and oxygen atoms in total. The van der Waals surface area contributed by atoms with Gasteiger partial charge in [-0.2, -0.15) is 0 Å². The maximum Gasteiger partial charge on any atom is 0.327 e. The van der Waals surface area contributed by atoms with Gasteiger partial charge in [-0.15, -0.1) is 0 Å². The predicted molar refractivity (Wildman–Crippen MR) is 43.3 cm³/mol. The summed E-state index contributed by atoms with van der Waals surface area (Å²) >= 11 is 0. The number of carbonyl (C=O) groups is 1. The first-order chi connectivity index (χ1) is 5.29. The van der Waals surface area contributed by atoms with Crippen LogP contribution in [0.15, 0.2) is 24.3 Å². The Morgan fingerprint density at radius 1 is 1.55 bits per heavy atom. The molecule has 0 heterocycles. The molecule has 1 aliphatic carbocycles. The molecule has 0 aromatic carbocycles. The molecule has 0 radical (unpaired) electrons. The average molecular weight is 152 g/mol. The maximum atomic E-state index is 10.1. The molecule has 1 atom stereocenters. The van der Waals surface area contributed by atoms with Gasteiger partial charge < -0.3 is 5.11 Å². The lowest BCUT2D eigenvalue weighted by Gasteiger charge is -2.11. The Morgan fingerprint density at radius 3 is 2.91 bits per heavy atom. The van der Waals surface area contributed by atoms with Crippen molar-refractivity contribution in [1.29, 1.82) is 0 Å². The number of hydrogen-bond donors (Lipinski definition) is 1. The van der Waals surface area contributed by atoms with Crippen molar-refractivity contribution in [2.24, 2.45) is 5.92 Å². The highest BCUT2D eigenvalue weighted by molar-refractivity contribution is 5.79. The predicted octanol–water partition coefficient (Wildman–Crippen LogP) is 1.98. The summed E-state index contributed by atoms with van der Waals surface area (Å²) in [6.07, 6.45) is 10.4. The van der Waals surface area contributed by atoms with Gasteiger partial charge in [-0.25, -0.2) is 4.79 Å². The van der Waals surface area contributed by atoms with Gasteiger partial charge in [0.2, 0.25) is 0 Å². The van der Waals surface area contributed by atoms with Crippen LogP contribution in [-0.2, 0) is 4.79 Å². The minimum absolute atomic E-state index is 0.441. The number of carboxylic acids is 1. The Labute approximate surface area is 66.2 Å². The molecule has 0 aromatic rings. The first kappa shape index (κ1) is 8.05. The van der Waals surface area contributed by atoms with E-state index in [4.69, 9.17) is 5.11 Å². The third-order valence-corrected chi connectivity index (χ3v) is 1.82. The van der Waals surface area contributed by atoms with E-state index in [1.54, 1.807) is 6.08 Å². The lowest BCUT2D eigenvalue weighted by molar-refractivity contribution is -0.131. The van der Waals surface area contributed by atoms with E-state index < -0.39 is 5.97 Å². The molecule has 0 bridgehead atoms. The van der Waals surface area contributed by atoms with Gasteiger partial charge in [0.05, 0.1) is 0 Å². The zero-order valence-electron chi connectivity index (χ0n) is 6.36. The van der Waals surface area contributed by atoms with Crippen molar-refractivity contribution in [3.63, 3.8) is 0 Å². The van der Waals surface area contributed by atoms with Gasteiger partial charge >= 0.3 is 5.97 Å². The second-order valence-electron chi connectivity index (χ2n) is 2.74. The smallest absolute Gasteiger partial charge is 0.327 e. The van der Waals surface area contributed by atoms with Crippen LogP contribution in [0, 0.1) is 5.92 Å². The van der Waals surface area contributed by atoms with Crippen LogP contribution in [0.4, 0.5) is 0 Å². The van der Waals surface area contributed by atoms with Crippen molar-refractivity contribution in [1.82, 2.24) is 0 Å². The van der Waals surface area contributed by atoms with Crippen LogP contribution in [0.5, 0.6) is 0 Å². The SMILES string of the molecule is O=C(O)/C=C\[C@@H]1CC=CCC1. The number of aliphatic carboxylic acids is 1. The maximum absolute atomic E-state index is 10.1. The number of allylic oxidation sites excluding steroid dienone is 3. The van der Waals surface area contributed by atoms with Crippen LogP contribution in [0.2, 0.25) is 0 Å². The van der Waals surface area contributed by atoms with E-state index in [9.17, 15) is 4.79 Å². The van der Waals surface area contributed by atoms with E-state index in [-0.39, 0.29) is 0 Å². The molecule has 0 amide bonds. The molecular formula is C9H12O2. The monoisotopic (exact) mass is 152 g/mol. The van der Waals surface area contributed by atoms with Crippen molar-refractivity contribution >= 4 is 5.97 Å². The topological polar surface area (TPSA) is 37.3 Å². The summed E-state index contributed by atoms with van der Waals surface area (Å²) in [6, 6.07) is 0. The van der Waals surface area contributed by atoms with Crippen molar-refractivity contribution < 1.29 is 9.90 Å². The third-order valence-electron chi connectivity index (χ3n) is 1.82. The van der Waals surface area contributed by atoms with Gasteiger partial charge in [-0.05, 0) is 25.2 Å². The summed E-state index contributed by atoms with van der Waals surface area (Å²) in [6.45, 7) is 0. The molecule has 60 valence electrons. The lowest BCUT2D eigenvalue weighted by Crippen LogP contribution is -1.99. The van der Waals surface area contributed by atoms with Crippen molar-refractivity contribution in [2.75, 3.05) is 0 Å². The van der Waals surface area contributed by atoms with Crippen LogP contribution < -0.4 is 0 Å². The highest BCUT2D eigenvalue weighted by atomic mass is 16.4. The van der Waals surface area contributed by atoms with Crippen molar-refractivity contribution in [3.8, 4) is 0 Å². The van der Waals surface area contributed by atoms with Crippen LogP contribution in [0.3, 0.4) is 0 Å². The van der Waals surface area contributed by atoms with Crippen LogP contribution >= 0.6 is 0 Å². The fourth-order valence-electron chi connectivity index (χ4n) is 1.21. The molecule has 0 saturated carbocycles. The summed E-state index contributed by atoms with van der Waals surface area (Å²) in [5, 5.41) is 8.34. The zero-order valence-corrected chi connectivity index (χ0v) is 6.36. The first-order valence-corrected chi connectivity index (χ1v) is 3.85. The molecule has 0 saturated heterocycles. The Balaban J connectivity index is 2.37. The Morgan fingerprint density at radius 2 is 2.36 bits per heavy atom. The quantitative estimate of drug-likeness (QED) is 0.485. The largest absolute Gasteiger partial charge is 0.478 e. The normalized spacial score (nSPS) is 24.2. The average Bonchev–Trinajstić information content (AvgIpc) is 2.03. The standard InChI is InChI=1S/C9H12O2/c10-9(11)7-6-8-4-2-1-3-5-8/h1-2,6-8H,3-5H2,(H,10,11)/b7-6-/t8-/m1/s1. The molecule has 0 aliphatic heterocycles. The van der Waals surface area contributed by atoms with Crippen LogP contribution in [0.25, 0.3) is 0 Å².